The quantitative estimate of drug-likeness (QED) is 0.484. The van der Waals surface area contributed by atoms with E-state index in [0.29, 0.717) is 31.7 Å². The Morgan fingerprint density at radius 2 is 1.58 bits per heavy atom. The van der Waals surface area contributed by atoms with Gasteiger partial charge in [-0.1, -0.05) is 35.9 Å². The fourth-order valence-electron chi connectivity index (χ4n) is 3.05. The smallest absolute Gasteiger partial charge is 0.266 e. The van der Waals surface area contributed by atoms with Gasteiger partial charge in [-0.15, -0.1) is 11.3 Å². The lowest BCUT2D eigenvalue weighted by atomic mass is 10.1. The Bertz CT molecular complexity index is 1170. The molecule has 158 valence electrons. The van der Waals surface area contributed by atoms with Crippen LogP contribution in [0.4, 0.5) is 10.7 Å². The molecule has 0 aliphatic heterocycles. The summed E-state index contributed by atoms with van der Waals surface area (Å²) in [7, 11) is 0. The standard InChI is InChI=1S/C23H20ClN3O3S/c1-13-12-19(27-21(28)15-6-2-4-8-17(15)24)31-20(13)23(30)26-18-9-5-3-7-16(18)22(29)25-14-10-11-14/h2-9,12,14H,10-11H2,1H3,(H,25,29)(H,26,30)(H,27,28). The van der Waals surface area contributed by atoms with Gasteiger partial charge < -0.3 is 16.0 Å². The summed E-state index contributed by atoms with van der Waals surface area (Å²) in [6, 6.07) is 15.6. The Kier molecular flexibility index (Phi) is 6.06. The van der Waals surface area contributed by atoms with E-state index < -0.39 is 0 Å². The summed E-state index contributed by atoms with van der Waals surface area (Å²) >= 11 is 7.25. The lowest BCUT2D eigenvalue weighted by molar-refractivity contribution is 0.0951. The molecule has 0 radical (unpaired) electrons. The molecular formula is C23H20ClN3O3S. The lowest BCUT2D eigenvalue weighted by Gasteiger charge is -2.11. The minimum atomic E-state index is -0.346. The number of halogens is 1. The zero-order chi connectivity index (χ0) is 22.0. The van der Waals surface area contributed by atoms with E-state index in [1.54, 1.807) is 61.5 Å². The van der Waals surface area contributed by atoms with Crippen molar-refractivity contribution in [3.63, 3.8) is 0 Å². The van der Waals surface area contributed by atoms with Crippen LogP contribution in [-0.2, 0) is 0 Å². The number of rotatable bonds is 6. The van der Waals surface area contributed by atoms with Gasteiger partial charge in [0.05, 0.1) is 31.7 Å². The van der Waals surface area contributed by atoms with Crippen LogP contribution in [-0.4, -0.2) is 23.8 Å². The van der Waals surface area contributed by atoms with Crippen molar-refractivity contribution in [3.05, 3.63) is 81.2 Å². The van der Waals surface area contributed by atoms with Gasteiger partial charge >= 0.3 is 0 Å². The number of hydrogen-bond acceptors (Lipinski definition) is 4. The zero-order valence-corrected chi connectivity index (χ0v) is 18.3. The second-order valence-corrected chi connectivity index (χ2v) is 8.76. The van der Waals surface area contributed by atoms with E-state index in [4.69, 9.17) is 11.6 Å². The van der Waals surface area contributed by atoms with Crippen molar-refractivity contribution in [2.45, 2.75) is 25.8 Å². The maximum atomic E-state index is 12.9. The third kappa shape index (κ3) is 4.95. The molecule has 3 N–H and O–H groups in total. The predicted molar refractivity (Wildman–Crippen MR) is 123 cm³/mol. The van der Waals surface area contributed by atoms with Crippen LogP contribution < -0.4 is 16.0 Å². The first kappa shape index (κ1) is 21.1. The molecule has 6 nitrogen and oxygen atoms in total. The molecule has 1 heterocycles. The first-order valence-corrected chi connectivity index (χ1v) is 11.0. The first-order chi connectivity index (χ1) is 14.9. The zero-order valence-electron chi connectivity index (χ0n) is 16.7. The highest BCUT2D eigenvalue weighted by Gasteiger charge is 2.25. The van der Waals surface area contributed by atoms with Crippen molar-refractivity contribution in [1.29, 1.82) is 0 Å². The van der Waals surface area contributed by atoms with Crippen molar-refractivity contribution >= 4 is 51.3 Å². The number of carbonyl (C=O) groups excluding carboxylic acids is 3. The molecule has 3 amide bonds. The second kappa shape index (κ2) is 8.91. The molecule has 8 heteroatoms. The fraction of sp³-hybridized carbons (Fsp3) is 0.174. The number of anilines is 2. The average Bonchev–Trinajstić information content (AvgIpc) is 3.48. The molecule has 0 saturated heterocycles. The summed E-state index contributed by atoms with van der Waals surface area (Å²) in [6.07, 6.45) is 1.97. The van der Waals surface area contributed by atoms with Crippen molar-refractivity contribution in [3.8, 4) is 0 Å². The lowest BCUT2D eigenvalue weighted by Crippen LogP contribution is -2.26. The first-order valence-electron chi connectivity index (χ1n) is 9.80. The van der Waals surface area contributed by atoms with Crippen LogP contribution in [0, 0.1) is 6.92 Å². The Hall–Kier alpha value is -3.16. The number of nitrogens with one attached hydrogen (secondary N) is 3. The molecule has 2 aromatic carbocycles. The molecule has 4 rings (SSSR count). The SMILES string of the molecule is Cc1cc(NC(=O)c2ccccc2Cl)sc1C(=O)Nc1ccccc1C(=O)NC1CC1. The number of carbonyl (C=O) groups is 3. The maximum absolute atomic E-state index is 12.9. The topological polar surface area (TPSA) is 87.3 Å². The van der Waals surface area contributed by atoms with Crippen LogP contribution in [0.25, 0.3) is 0 Å². The summed E-state index contributed by atoms with van der Waals surface area (Å²) in [4.78, 5) is 38.3. The molecule has 0 bridgehead atoms. The summed E-state index contributed by atoms with van der Waals surface area (Å²) in [5.74, 6) is -0.887. The van der Waals surface area contributed by atoms with E-state index in [0.717, 1.165) is 29.7 Å². The third-order valence-electron chi connectivity index (χ3n) is 4.81. The van der Waals surface area contributed by atoms with Gasteiger partial charge in [0.25, 0.3) is 17.7 Å². The molecule has 0 atom stereocenters. The van der Waals surface area contributed by atoms with E-state index in [2.05, 4.69) is 16.0 Å². The highest BCUT2D eigenvalue weighted by atomic mass is 35.5. The van der Waals surface area contributed by atoms with Gasteiger partial charge in [-0.2, -0.15) is 0 Å². The number of thiophene rings is 1. The molecule has 1 aliphatic rings. The van der Waals surface area contributed by atoms with Crippen molar-refractivity contribution in [1.82, 2.24) is 5.32 Å². The monoisotopic (exact) mass is 453 g/mol. The van der Waals surface area contributed by atoms with Gasteiger partial charge in [-0.25, -0.2) is 0 Å². The van der Waals surface area contributed by atoms with Gasteiger partial charge in [-0.3, -0.25) is 14.4 Å². The minimum absolute atomic E-state index is 0.200. The van der Waals surface area contributed by atoms with E-state index in [-0.39, 0.29) is 23.8 Å². The molecule has 1 aliphatic carbocycles. The average molecular weight is 454 g/mol. The van der Waals surface area contributed by atoms with Crippen LogP contribution in [0.15, 0.2) is 54.6 Å². The van der Waals surface area contributed by atoms with Crippen molar-refractivity contribution < 1.29 is 14.4 Å². The van der Waals surface area contributed by atoms with Crippen LogP contribution in [0.2, 0.25) is 5.02 Å². The van der Waals surface area contributed by atoms with Gasteiger partial charge in [0.15, 0.2) is 0 Å². The normalized spacial score (nSPS) is 12.8. The van der Waals surface area contributed by atoms with E-state index in [9.17, 15) is 14.4 Å². The highest BCUT2D eigenvalue weighted by Crippen LogP contribution is 2.29. The summed E-state index contributed by atoms with van der Waals surface area (Å²) in [5, 5.41) is 9.44. The van der Waals surface area contributed by atoms with Crippen molar-refractivity contribution in [2.24, 2.45) is 0 Å². The Labute approximate surface area is 188 Å². The number of hydrogen-bond donors (Lipinski definition) is 3. The summed E-state index contributed by atoms with van der Waals surface area (Å²) < 4.78 is 0. The van der Waals surface area contributed by atoms with Crippen LogP contribution in [0.3, 0.4) is 0 Å². The molecular weight excluding hydrogens is 434 g/mol. The van der Waals surface area contributed by atoms with E-state index in [1.807, 2.05) is 0 Å². The number of para-hydroxylation sites is 1. The molecule has 1 fully saturated rings. The molecule has 1 saturated carbocycles. The number of aryl methyl sites for hydroxylation is 1. The summed E-state index contributed by atoms with van der Waals surface area (Å²) in [6.45, 7) is 1.79. The third-order valence-corrected chi connectivity index (χ3v) is 6.29. The highest BCUT2D eigenvalue weighted by molar-refractivity contribution is 7.18. The Balaban J connectivity index is 1.49. The molecule has 0 unspecified atom stereocenters. The van der Waals surface area contributed by atoms with Crippen LogP contribution in [0.5, 0.6) is 0 Å². The van der Waals surface area contributed by atoms with E-state index in [1.165, 1.54) is 0 Å². The van der Waals surface area contributed by atoms with Crippen molar-refractivity contribution in [2.75, 3.05) is 10.6 Å². The number of amides is 3. The van der Waals surface area contributed by atoms with Gasteiger partial charge in [0, 0.05) is 6.04 Å². The summed E-state index contributed by atoms with van der Waals surface area (Å²) in [5.41, 5.74) is 1.94. The minimum Gasteiger partial charge on any atom is -0.349 e. The maximum Gasteiger partial charge on any atom is 0.266 e. The second-order valence-electron chi connectivity index (χ2n) is 7.30. The Morgan fingerprint density at radius 3 is 2.29 bits per heavy atom. The molecule has 1 aromatic heterocycles. The van der Waals surface area contributed by atoms with Gasteiger partial charge in [0.2, 0.25) is 0 Å². The molecule has 31 heavy (non-hydrogen) atoms. The van der Waals surface area contributed by atoms with Crippen LogP contribution >= 0.6 is 22.9 Å². The molecule has 0 spiro atoms. The van der Waals surface area contributed by atoms with Gasteiger partial charge in [0.1, 0.15) is 0 Å². The number of benzene rings is 2. The van der Waals surface area contributed by atoms with Crippen LogP contribution in [0.1, 0.15) is 48.8 Å². The fourth-order valence-corrected chi connectivity index (χ4v) is 4.24. The molecule has 3 aromatic rings. The van der Waals surface area contributed by atoms with E-state index >= 15 is 0 Å². The Morgan fingerprint density at radius 1 is 0.903 bits per heavy atom. The van der Waals surface area contributed by atoms with Gasteiger partial charge in [-0.05, 0) is 55.7 Å². The largest absolute Gasteiger partial charge is 0.349 e. The predicted octanol–water partition coefficient (Wildman–Crippen LogP) is 5.11.